The maximum Gasteiger partial charge on any atom is 0.141 e. The van der Waals surface area contributed by atoms with Crippen LogP contribution in [0.25, 0.3) is 5.76 Å². The minimum Gasteiger partial charge on any atom is -0.497 e. The third kappa shape index (κ3) is 6.88. The van der Waals surface area contributed by atoms with Crippen molar-refractivity contribution in [1.82, 2.24) is 14.1 Å². The third-order valence-electron chi connectivity index (χ3n) is 6.79. The molecule has 2 saturated heterocycles. The standard InChI is InChI=1S/C26H33ClF2N4OS2/c1-19(34-2)20-4-5-21(26(29)14-20)16-33(22-6-7-25(28)24(27)15-22)36-13-12-30-8-10-31(11-9-30)23-17-32(18-23)35-3/h4-7,14-15,23H,1,8-13,16-18H2,2-3H3. The monoisotopic (exact) mass is 554 g/mol. The van der Waals surface area contributed by atoms with Gasteiger partial charge < -0.3 is 9.04 Å². The van der Waals surface area contributed by atoms with Gasteiger partial charge in [0.1, 0.15) is 17.4 Å². The topological polar surface area (TPSA) is 22.2 Å². The molecule has 10 heteroatoms. The van der Waals surface area contributed by atoms with E-state index in [0.717, 1.165) is 57.3 Å². The number of halogens is 3. The van der Waals surface area contributed by atoms with Gasteiger partial charge >= 0.3 is 0 Å². The van der Waals surface area contributed by atoms with Crippen LogP contribution in [0.4, 0.5) is 14.5 Å². The molecule has 0 unspecified atom stereocenters. The quantitative estimate of drug-likeness (QED) is 0.268. The van der Waals surface area contributed by atoms with Crippen LogP contribution >= 0.6 is 35.5 Å². The Labute approximate surface area is 226 Å². The Hall–Kier alpha value is -1.49. The number of ether oxygens (including phenoxy) is 1. The van der Waals surface area contributed by atoms with Gasteiger partial charge in [0, 0.05) is 74.4 Å². The molecule has 5 nitrogen and oxygen atoms in total. The van der Waals surface area contributed by atoms with Crippen LogP contribution < -0.4 is 4.31 Å². The Morgan fingerprint density at radius 3 is 2.50 bits per heavy atom. The Balaban J connectivity index is 1.35. The zero-order valence-electron chi connectivity index (χ0n) is 20.8. The first-order valence-electron chi connectivity index (χ1n) is 12.0. The summed E-state index contributed by atoms with van der Waals surface area (Å²) in [5.74, 6) is 0.440. The lowest BCUT2D eigenvalue weighted by Crippen LogP contribution is -2.61. The molecule has 2 aromatic rings. The Morgan fingerprint density at radius 1 is 1.11 bits per heavy atom. The highest BCUT2D eigenvalue weighted by atomic mass is 35.5. The van der Waals surface area contributed by atoms with Gasteiger partial charge in [-0.1, -0.05) is 42.3 Å². The second-order valence-electron chi connectivity index (χ2n) is 8.96. The Bertz CT molecular complexity index is 1050. The number of hydrogen-bond donors (Lipinski definition) is 0. The SMILES string of the molecule is C=C(OC)c1ccc(CN(SCCN2CCN(C3CN(SC)C3)CC2)c2ccc(F)c(Cl)c2)c(F)c1. The summed E-state index contributed by atoms with van der Waals surface area (Å²) in [7, 11) is 1.51. The van der Waals surface area contributed by atoms with Gasteiger partial charge in [-0.25, -0.2) is 13.1 Å². The summed E-state index contributed by atoms with van der Waals surface area (Å²) in [5, 5.41) is 0.0532. The average molecular weight is 555 g/mol. The van der Waals surface area contributed by atoms with Gasteiger partial charge in [-0.05, 0) is 42.5 Å². The van der Waals surface area contributed by atoms with E-state index in [1.807, 2.05) is 16.3 Å². The zero-order valence-corrected chi connectivity index (χ0v) is 23.1. The fraction of sp³-hybridized carbons (Fsp3) is 0.462. The minimum absolute atomic E-state index is 0.0532. The van der Waals surface area contributed by atoms with Crippen molar-refractivity contribution >= 4 is 46.9 Å². The highest BCUT2D eigenvalue weighted by Gasteiger charge is 2.33. The first kappa shape index (κ1) is 27.5. The van der Waals surface area contributed by atoms with Crippen LogP contribution in [0.1, 0.15) is 11.1 Å². The minimum atomic E-state index is -0.469. The Kier molecular flexibility index (Phi) is 9.83. The molecule has 36 heavy (non-hydrogen) atoms. The summed E-state index contributed by atoms with van der Waals surface area (Å²) in [6, 6.07) is 10.3. The number of methoxy groups -OCH3 is 1. The normalized spacial score (nSPS) is 17.7. The lowest BCUT2D eigenvalue weighted by atomic mass is 10.1. The lowest BCUT2D eigenvalue weighted by Gasteiger charge is -2.47. The van der Waals surface area contributed by atoms with Crippen molar-refractivity contribution in [1.29, 1.82) is 0 Å². The van der Waals surface area contributed by atoms with E-state index in [1.54, 1.807) is 36.2 Å². The van der Waals surface area contributed by atoms with Gasteiger partial charge in [0.05, 0.1) is 18.7 Å². The molecular weight excluding hydrogens is 522 g/mol. The fourth-order valence-electron chi connectivity index (χ4n) is 4.40. The number of benzene rings is 2. The van der Waals surface area contributed by atoms with Crippen LogP contribution in [-0.2, 0) is 11.3 Å². The maximum absolute atomic E-state index is 14.9. The average Bonchev–Trinajstić information content (AvgIpc) is 2.86. The van der Waals surface area contributed by atoms with Crippen molar-refractivity contribution < 1.29 is 13.5 Å². The van der Waals surface area contributed by atoms with Crippen molar-refractivity contribution in [3.05, 3.63) is 70.8 Å². The largest absolute Gasteiger partial charge is 0.497 e. The van der Waals surface area contributed by atoms with Crippen LogP contribution in [-0.4, -0.2) is 85.1 Å². The first-order valence-corrected chi connectivity index (χ1v) is 14.5. The molecule has 0 saturated carbocycles. The highest BCUT2D eigenvalue weighted by molar-refractivity contribution is 8.00. The number of piperazine rings is 1. The molecule has 0 amide bonds. The molecule has 4 rings (SSSR count). The van der Waals surface area contributed by atoms with Gasteiger partial charge in [-0.2, -0.15) is 0 Å². The predicted octanol–water partition coefficient (Wildman–Crippen LogP) is 5.47. The van der Waals surface area contributed by atoms with Crippen LogP contribution in [0.2, 0.25) is 5.02 Å². The molecule has 0 bridgehead atoms. The molecule has 0 N–H and O–H groups in total. The van der Waals surface area contributed by atoms with E-state index in [9.17, 15) is 8.78 Å². The molecule has 2 heterocycles. The van der Waals surface area contributed by atoms with E-state index in [0.29, 0.717) is 29.5 Å². The Morgan fingerprint density at radius 2 is 1.86 bits per heavy atom. The summed E-state index contributed by atoms with van der Waals surface area (Å²) in [4.78, 5) is 5.09. The van der Waals surface area contributed by atoms with Crippen molar-refractivity contribution in [2.24, 2.45) is 0 Å². The van der Waals surface area contributed by atoms with E-state index in [1.165, 1.54) is 19.2 Å². The fourth-order valence-corrected chi connectivity index (χ4v) is 6.27. The number of hydrogen-bond acceptors (Lipinski definition) is 7. The van der Waals surface area contributed by atoms with Gasteiger partial charge in [0.2, 0.25) is 0 Å². The third-order valence-corrected chi connectivity index (χ3v) is 8.91. The van der Waals surface area contributed by atoms with Crippen LogP contribution in [0.5, 0.6) is 0 Å². The first-order chi connectivity index (χ1) is 17.4. The molecule has 0 spiro atoms. The summed E-state index contributed by atoms with van der Waals surface area (Å²) < 4.78 is 38.2. The second-order valence-corrected chi connectivity index (χ2v) is 11.4. The number of anilines is 1. The van der Waals surface area contributed by atoms with Crippen molar-refractivity contribution in [3.63, 3.8) is 0 Å². The molecular formula is C26H33ClF2N4OS2. The zero-order chi connectivity index (χ0) is 25.7. The molecule has 0 atom stereocenters. The van der Waals surface area contributed by atoms with Crippen molar-refractivity contribution in [2.45, 2.75) is 12.6 Å². The molecule has 2 aliphatic heterocycles. The van der Waals surface area contributed by atoms with Gasteiger partial charge in [0.25, 0.3) is 0 Å². The van der Waals surface area contributed by atoms with E-state index >= 15 is 0 Å². The van der Waals surface area contributed by atoms with Crippen LogP contribution in [0.15, 0.2) is 43.0 Å². The lowest BCUT2D eigenvalue weighted by molar-refractivity contribution is 0.0470. The van der Waals surface area contributed by atoms with Gasteiger partial charge in [-0.15, -0.1) is 0 Å². The van der Waals surface area contributed by atoms with E-state index in [-0.39, 0.29) is 10.8 Å². The van der Waals surface area contributed by atoms with Crippen molar-refractivity contribution in [3.8, 4) is 0 Å². The molecule has 0 radical (unpaired) electrons. The number of nitrogens with zero attached hydrogens (tertiary/aromatic N) is 4. The summed E-state index contributed by atoms with van der Waals surface area (Å²) >= 11 is 9.50. The molecule has 0 aromatic heterocycles. The molecule has 2 aromatic carbocycles. The van der Waals surface area contributed by atoms with Crippen LogP contribution in [0.3, 0.4) is 0 Å². The van der Waals surface area contributed by atoms with Crippen molar-refractivity contribution in [2.75, 3.05) is 69.2 Å². The van der Waals surface area contributed by atoms with E-state index in [4.69, 9.17) is 16.3 Å². The van der Waals surface area contributed by atoms with Crippen LogP contribution in [0, 0.1) is 11.6 Å². The number of rotatable bonds is 11. The summed E-state index contributed by atoms with van der Waals surface area (Å²) in [5.41, 5.74) is 1.87. The predicted molar refractivity (Wildman–Crippen MR) is 149 cm³/mol. The molecule has 196 valence electrons. The van der Waals surface area contributed by atoms with Gasteiger partial charge in [-0.3, -0.25) is 9.80 Å². The molecule has 2 fully saturated rings. The smallest absolute Gasteiger partial charge is 0.141 e. The van der Waals surface area contributed by atoms with E-state index < -0.39 is 5.82 Å². The molecule has 2 aliphatic rings. The summed E-state index contributed by atoms with van der Waals surface area (Å²) in [6.07, 6.45) is 2.14. The van der Waals surface area contributed by atoms with Gasteiger partial charge in [0.15, 0.2) is 0 Å². The second kappa shape index (κ2) is 12.8. The highest BCUT2D eigenvalue weighted by Crippen LogP contribution is 2.30. The van der Waals surface area contributed by atoms with E-state index in [2.05, 4.69) is 26.9 Å². The molecule has 0 aliphatic carbocycles. The maximum atomic E-state index is 14.9. The summed E-state index contributed by atoms with van der Waals surface area (Å²) in [6.45, 7) is 11.7.